The van der Waals surface area contributed by atoms with Crippen LogP contribution in [0, 0.1) is 5.41 Å². The maximum Gasteiger partial charge on any atom is 0.413 e. The van der Waals surface area contributed by atoms with Crippen molar-refractivity contribution in [1.29, 1.82) is 0 Å². The van der Waals surface area contributed by atoms with Crippen molar-refractivity contribution in [2.75, 3.05) is 57.2 Å². The Bertz CT molecular complexity index is 2430. The second kappa shape index (κ2) is 28.0. The van der Waals surface area contributed by atoms with Gasteiger partial charge in [-0.3, -0.25) is 24.5 Å². The van der Waals surface area contributed by atoms with Crippen LogP contribution in [0.3, 0.4) is 0 Å². The van der Waals surface area contributed by atoms with Crippen molar-refractivity contribution in [3.63, 3.8) is 0 Å². The quantitative estimate of drug-likeness (QED) is 0.0159. The van der Waals surface area contributed by atoms with Gasteiger partial charge in [0.2, 0.25) is 17.7 Å². The average molecular weight is 1060 g/mol. The zero-order valence-electron chi connectivity index (χ0n) is 46.3. The Morgan fingerprint density at radius 3 is 2.21 bits per heavy atom. The Morgan fingerprint density at radius 2 is 1.61 bits per heavy atom. The molecule has 2 aromatic carbocycles. The van der Waals surface area contributed by atoms with E-state index in [0.29, 0.717) is 85.2 Å². The van der Waals surface area contributed by atoms with Gasteiger partial charge in [-0.15, -0.1) is 0 Å². The van der Waals surface area contributed by atoms with E-state index in [9.17, 15) is 19.2 Å². The number of carbonyl (C=O) groups is 4. The van der Waals surface area contributed by atoms with Crippen molar-refractivity contribution in [3.8, 4) is 11.6 Å². The number of anilines is 2. The van der Waals surface area contributed by atoms with Gasteiger partial charge in [-0.25, -0.2) is 9.78 Å². The topological polar surface area (TPSA) is 257 Å². The third-order valence-electron chi connectivity index (χ3n) is 12.7. The normalized spacial score (nSPS) is 17.8. The van der Waals surface area contributed by atoms with Crippen molar-refractivity contribution in [3.05, 3.63) is 95.6 Å². The zero-order valence-corrected chi connectivity index (χ0v) is 46.3. The number of hydrogen-bond acceptors (Lipinski definition) is 17. The number of aromatic nitrogens is 1. The number of piperazine rings is 1. The molecule has 9 N–H and O–H groups in total. The Hall–Kier alpha value is -6.61. The highest BCUT2D eigenvalue weighted by atomic mass is 16.9. The van der Waals surface area contributed by atoms with E-state index in [0.717, 1.165) is 44.3 Å². The smallest absolute Gasteiger partial charge is 0.413 e. The highest BCUT2D eigenvalue weighted by molar-refractivity contribution is 6.06. The number of amides is 3. The highest BCUT2D eigenvalue weighted by Gasteiger charge is 2.53. The van der Waals surface area contributed by atoms with Gasteiger partial charge < -0.3 is 61.0 Å². The van der Waals surface area contributed by atoms with Crippen molar-refractivity contribution >= 4 is 40.9 Å². The molecule has 3 fully saturated rings. The van der Waals surface area contributed by atoms with E-state index in [4.69, 9.17) is 40.5 Å². The maximum atomic E-state index is 13.7. The number of ether oxygens (including phenoxy) is 3. The number of alkyl carbamates (subject to hydrolysis) is 1. The van der Waals surface area contributed by atoms with Gasteiger partial charge in [0.25, 0.3) is 0 Å². The predicted molar refractivity (Wildman–Crippen MR) is 293 cm³/mol. The number of pyridine rings is 1. The molecule has 0 radical (unpaired) electrons. The monoisotopic (exact) mass is 1060 g/mol. The molecule has 2 saturated heterocycles. The second-order valence-electron chi connectivity index (χ2n) is 21.7. The van der Waals surface area contributed by atoms with Crippen LogP contribution in [0.5, 0.6) is 11.6 Å². The highest BCUT2D eigenvalue weighted by Crippen LogP contribution is 2.43. The standard InChI is InChI=1S/C52H74N10O9.C4H10O/c1-8-29-68-45-30-37(24-27-55-45)62-38-22-23-39(62)33-61(32-38)43(31-41(53)40-15-10-11-17-44(40)70-59-71-51(3,4)5)46(54)58-50(66)69-34-35-18-20-36(21-19-35)56-47(63)42(16-12-13-28-60(6)7)57-48(64)52(25-14-26-52)49(65)67-9-2;1-4(2,3)5/h10-11,15,17-21,24,27,30-31,38-39,42,59H,8-9,12-14,16,22-23,25-26,28-29,32-34,53-54H2,1-7H3,(H,56,63)(H,57,64)(H,58,66);5H,1-3H3/b41-31-,46-43-;. The summed E-state index contributed by atoms with van der Waals surface area (Å²) in [5.74, 6) is -0.395. The van der Waals surface area contributed by atoms with Gasteiger partial charge in [0, 0.05) is 60.1 Å². The van der Waals surface area contributed by atoms with Crippen LogP contribution in [0.1, 0.15) is 124 Å². The van der Waals surface area contributed by atoms with Crippen LogP contribution >= 0.6 is 0 Å². The predicted octanol–water partition coefficient (Wildman–Crippen LogP) is 6.86. The fraction of sp³-hybridized carbons (Fsp3) is 0.554. The lowest BCUT2D eigenvalue weighted by molar-refractivity contribution is -0.175. The Morgan fingerprint density at radius 1 is 0.934 bits per heavy atom. The zero-order chi connectivity index (χ0) is 55.6. The average Bonchev–Trinajstić information content (AvgIpc) is 3.60. The number of esters is 1. The van der Waals surface area contributed by atoms with E-state index in [2.05, 4.69) is 48.2 Å². The lowest BCUT2D eigenvalue weighted by Gasteiger charge is -2.44. The SMILES string of the molecule is CC(C)(C)O.CCCOc1cc(N2C3CCC2CN(C(/C=C(\N)c2ccccc2ONOC(C)(C)C)=C(/N)NC(=O)OCc2ccc(NC(=O)C(CCCCN(C)C)NC(=O)C4(C(=O)OCC)CCC4)cc2)C3)ccn1. The van der Waals surface area contributed by atoms with Crippen LogP contribution in [0.15, 0.2) is 84.5 Å². The summed E-state index contributed by atoms with van der Waals surface area (Å²) in [4.78, 5) is 76.0. The molecule has 1 aromatic heterocycles. The number of likely N-dealkylation sites (tertiary alicyclic amines) is 1. The number of hydrogen-bond donors (Lipinski definition) is 7. The largest absolute Gasteiger partial charge is 0.478 e. The first-order chi connectivity index (χ1) is 36.0. The molecule has 1 saturated carbocycles. The molecule has 76 heavy (non-hydrogen) atoms. The first-order valence-electron chi connectivity index (χ1n) is 26.5. The molecule has 3 unspecified atom stereocenters. The first kappa shape index (κ1) is 60.3. The number of carbonyl (C=O) groups excluding carboxylic acids is 4. The first-order valence-corrected chi connectivity index (χ1v) is 26.5. The van der Waals surface area contributed by atoms with Crippen LogP contribution in [-0.4, -0.2) is 120 Å². The molecule has 6 rings (SSSR count). The van der Waals surface area contributed by atoms with E-state index < -0.39 is 46.5 Å². The Balaban J connectivity index is 0.00000203. The summed E-state index contributed by atoms with van der Waals surface area (Å²) in [6.07, 6.45) is 8.87. The molecule has 2 aliphatic heterocycles. The Labute approximate surface area is 449 Å². The van der Waals surface area contributed by atoms with Gasteiger partial charge in [0.05, 0.1) is 30.1 Å². The number of para-hydroxylation sites is 1. The summed E-state index contributed by atoms with van der Waals surface area (Å²) in [5, 5.41) is 17.0. The van der Waals surface area contributed by atoms with Gasteiger partial charge in [0.15, 0.2) is 5.75 Å². The van der Waals surface area contributed by atoms with Crippen molar-refractivity contribution in [1.82, 2.24) is 31.1 Å². The number of benzene rings is 2. The number of unbranched alkanes of at least 4 members (excludes halogenated alkanes) is 1. The fourth-order valence-electron chi connectivity index (χ4n) is 8.85. The minimum Gasteiger partial charge on any atom is -0.478 e. The van der Waals surface area contributed by atoms with Crippen LogP contribution < -0.4 is 47.5 Å². The number of fused-ring (bicyclic) bond motifs is 2. The van der Waals surface area contributed by atoms with E-state index in [-0.39, 0.29) is 31.1 Å². The second-order valence-corrected chi connectivity index (χ2v) is 21.7. The molecule has 3 amide bonds. The molecule has 0 spiro atoms. The fourth-order valence-corrected chi connectivity index (χ4v) is 8.85. The number of nitrogens with zero attached hydrogens (tertiary/aromatic N) is 4. The van der Waals surface area contributed by atoms with E-state index in [1.54, 1.807) is 70.3 Å². The molecule has 2 bridgehead atoms. The minimum atomic E-state index is -1.27. The van der Waals surface area contributed by atoms with Crippen LogP contribution in [0.2, 0.25) is 0 Å². The maximum absolute atomic E-state index is 13.7. The Kier molecular flexibility index (Phi) is 22.2. The number of allylic oxidation sites excluding steroid dienone is 1. The van der Waals surface area contributed by atoms with E-state index in [1.807, 2.05) is 65.2 Å². The van der Waals surface area contributed by atoms with Crippen LogP contribution in [0.4, 0.5) is 16.2 Å². The molecule has 3 heterocycles. The van der Waals surface area contributed by atoms with Crippen molar-refractivity contribution in [2.24, 2.45) is 16.9 Å². The van der Waals surface area contributed by atoms with E-state index >= 15 is 0 Å². The lowest BCUT2D eigenvalue weighted by Crippen LogP contribution is -2.56. The molecule has 418 valence electrons. The van der Waals surface area contributed by atoms with Crippen LogP contribution in [0.25, 0.3) is 5.70 Å². The number of nitrogens with one attached hydrogen (secondary N) is 4. The van der Waals surface area contributed by atoms with Gasteiger partial charge in [-0.2, -0.15) is 0 Å². The number of nitrogens with two attached hydrogens (primary N) is 2. The summed E-state index contributed by atoms with van der Waals surface area (Å²) in [5.41, 5.74) is 17.5. The van der Waals surface area contributed by atoms with Gasteiger partial charge in [-0.1, -0.05) is 37.6 Å². The summed E-state index contributed by atoms with van der Waals surface area (Å²) in [6, 6.07) is 17.4. The van der Waals surface area contributed by atoms with Gasteiger partial charge >= 0.3 is 12.1 Å². The van der Waals surface area contributed by atoms with Gasteiger partial charge in [-0.05, 0) is 168 Å². The molecule has 1 aliphatic carbocycles. The van der Waals surface area contributed by atoms with Gasteiger partial charge in [0.1, 0.15) is 23.9 Å². The molecule has 20 heteroatoms. The molecule has 20 nitrogen and oxygen atoms in total. The molecule has 3 aliphatic rings. The number of aliphatic hydroxyl groups is 1. The molecule has 3 atom stereocenters. The summed E-state index contributed by atoms with van der Waals surface area (Å²) in [7, 11) is 3.95. The summed E-state index contributed by atoms with van der Waals surface area (Å²) in [6.45, 7) is 17.3. The number of rotatable bonds is 24. The summed E-state index contributed by atoms with van der Waals surface area (Å²) >= 11 is 0. The van der Waals surface area contributed by atoms with Crippen LogP contribution in [-0.2, 0) is 35.3 Å². The third kappa shape index (κ3) is 18.3. The molecular weight excluding hydrogens is 973 g/mol. The van der Waals surface area contributed by atoms with E-state index in [1.165, 1.54) is 0 Å². The third-order valence-corrected chi connectivity index (χ3v) is 12.7. The minimum absolute atomic E-state index is 0.0458. The van der Waals surface area contributed by atoms with Crippen molar-refractivity contribution < 1.29 is 48.2 Å². The summed E-state index contributed by atoms with van der Waals surface area (Å²) < 4.78 is 16.8. The molecule has 3 aromatic rings. The lowest BCUT2D eigenvalue weighted by atomic mass is 9.68. The van der Waals surface area contributed by atoms with Crippen molar-refractivity contribution in [2.45, 2.75) is 149 Å². The molecular formula is C56H84N10O10.